The van der Waals surface area contributed by atoms with E-state index in [-0.39, 0.29) is 0 Å². The first-order valence-electron chi connectivity index (χ1n) is 5.06. The van der Waals surface area contributed by atoms with E-state index in [1.807, 2.05) is 29.6 Å². The molecule has 0 atom stereocenters. The number of benzene rings is 1. The van der Waals surface area contributed by atoms with E-state index in [9.17, 15) is 0 Å². The topological polar surface area (TPSA) is 18.5 Å². The molecule has 0 unspecified atom stereocenters. The number of ether oxygens (including phenoxy) is 2. The van der Waals surface area contributed by atoms with Crippen molar-refractivity contribution >= 4 is 23.5 Å². The van der Waals surface area contributed by atoms with E-state index in [1.165, 1.54) is 23.5 Å². The second-order valence-corrected chi connectivity index (χ2v) is 6.26. The van der Waals surface area contributed by atoms with Crippen LogP contribution in [0.3, 0.4) is 0 Å². The van der Waals surface area contributed by atoms with E-state index < -0.39 is 0 Å². The fraction of sp³-hybridized carbons (Fsp3) is 0.455. The molecular weight excluding hydrogens is 228 g/mol. The van der Waals surface area contributed by atoms with Crippen LogP contribution in [0.1, 0.15) is 16.6 Å². The van der Waals surface area contributed by atoms with Crippen LogP contribution in [0, 0.1) is 0 Å². The van der Waals surface area contributed by atoms with Crippen molar-refractivity contribution in [1.82, 2.24) is 0 Å². The highest BCUT2D eigenvalue weighted by atomic mass is 32.2. The Morgan fingerprint density at radius 2 is 1.87 bits per heavy atom. The molecule has 1 fully saturated rings. The van der Waals surface area contributed by atoms with Crippen molar-refractivity contribution in [3.8, 4) is 11.5 Å². The molecule has 0 aromatic heterocycles. The molecular formula is C11H12O2S2. The van der Waals surface area contributed by atoms with Gasteiger partial charge >= 0.3 is 0 Å². The van der Waals surface area contributed by atoms with Gasteiger partial charge in [-0.15, -0.1) is 23.5 Å². The van der Waals surface area contributed by atoms with Crippen molar-refractivity contribution in [3.05, 3.63) is 23.8 Å². The first kappa shape index (κ1) is 9.73. The van der Waals surface area contributed by atoms with Gasteiger partial charge in [0.05, 0.1) is 4.58 Å². The Morgan fingerprint density at radius 3 is 2.73 bits per heavy atom. The maximum Gasteiger partial charge on any atom is 0.231 e. The fourth-order valence-corrected chi connectivity index (χ4v) is 4.61. The molecule has 15 heavy (non-hydrogen) atoms. The molecule has 4 heteroatoms. The third-order valence-electron chi connectivity index (χ3n) is 2.50. The number of rotatable bonds is 1. The maximum atomic E-state index is 5.39. The minimum atomic E-state index is 0.365. The van der Waals surface area contributed by atoms with Crippen molar-refractivity contribution in [2.75, 3.05) is 18.3 Å². The van der Waals surface area contributed by atoms with Crippen molar-refractivity contribution in [3.63, 3.8) is 0 Å². The standard InChI is InChI=1S/C11H12O2S2/c1-4-14-11(15-5-1)8-2-3-9-10(6-8)13-7-12-9/h2-3,6,11H,1,4-5,7H2. The van der Waals surface area contributed by atoms with Crippen LogP contribution >= 0.6 is 23.5 Å². The number of hydrogen-bond acceptors (Lipinski definition) is 4. The predicted octanol–water partition coefficient (Wildman–Crippen LogP) is 3.28. The fourth-order valence-electron chi connectivity index (χ4n) is 1.74. The first-order valence-corrected chi connectivity index (χ1v) is 7.16. The van der Waals surface area contributed by atoms with E-state index in [1.54, 1.807) is 0 Å². The zero-order valence-electron chi connectivity index (χ0n) is 8.27. The monoisotopic (exact) mass is 240 g/mol. The lowest BCUT2D eigenvalue weighted by Gasteiger charge is -2.21. The van der Waals surface area contributed by atoms with Gasteiger partial charge in [-0.05, 0) is 35.6 Å². The number of hydrogen-bond donors (Lipinski definition) is 0. The smallest absolute Gasteiger partial charge is 0.231 e. The van der Waals surface area contributed by atoms with Crippen LogP contribution in [0.4, 0.5) is 0 Å². The normalized spacial score (nSPS) is 20.5. The Hall–Kier alpha value is -0.480. The third kappa shape index (κ3) is 1.93. The zero-order valence-corrected chi connectivity index (χ0v) is 9.90. The van der Waals surface area contributed by atoms with E-state index in [0.29, 0.717) is 11.4 Å². The van der Waals surface area contributed by atoms with Gasteiger partial charge in [0.25, 0.3) is 0 Å². The van der Waals surface area contributed by atoms with Crippen LogP contribution in [0.2, 0.25) is 0 Å². The Balaban J connectivity index is 1.85. The van der Waals surface area contributed by atoms with Crippen molar-refractivity contribution in [1.29, 1.82) is 0 Å². The summed E-state index contributed by atoms with van der Waals surface area (Å²) in [4.78, 5) is 0. The van der Waals surface area contributed by atoms with Crippen LogP contribution < -0.4 is 9.47 Å². The summed E-state index contributed by atoms with van der Waals surface area (Å²) in [6, 6.07) is 6.30. The Labute approximate surface area is 97.7 Å². The summed E-state index contributed by atoms with van der Waals surface area (Å²) in [7, 11) is 0. The van der Waals surface area contributed by atoms with E-state index >= 15 is 0 Å². The highest BCUT2D eigenvalue weighted by molar-refractivity contribution is 8.16. The van der Waals surface area contributed by atoms with Gasteiger partial charge in [-0.25, -0.2) is 0 Å². The van der Waals surface area contributed by atoms with Crippen molar-refractivity contribution in [2.24, 2.45) is 0 Å². The molecule has 1 aromatic rings. The molecule has 0 N–H and O–H groups in total. The first-order chi connectivity index (χ1) is 7.43. The minimum absolute atomic E-state index is 0.365. The molecule has 2 aliphatic heterocycles. The summed E-state index contributed by atoms with van der Waals surface area (Å²) in [5, 5.41) is 0. The summed E-state index contributed by atoms with van der Waals surface area (Å²) < 4.78 is 11.3. The summed E-state index contributed by atoms with van der Waals surface area (Å²) in [5.74, 6) is 4.32. The average Bonchev–Trinajstić information content (AvgIpc) is 2.77. The molecule has 0 radical (unpaired) electrons. The van der Waals surface area contributed by atoms with Gasteiger partial charge in [0.15, 0.2) is 11.5 Å². The molecule has 0 spiro atoms. The molecule has 80 valence electrons. The molecule has 2 nitrogen and oxygen atoms in total. The average molecular weight is 240 g/mol. The molecule has 2 aliphatic rings. The van der Waals surface area contributed by atoms with Gasteiger partial charge in [-0.1, -0.05) is 6.07 Å². The lowest BCUT2D eigenvalue weighted by atomic mass is 10.2. The minimum Gasteiger partial charge on any atom is -0.454 e. The van der Waals surface area contributed by atoms with Crippen LogP contribution in [0.5, 0.6) is 11.5 Å². The highest BCUT2D eigenvalue weighted by Gasteiger charge is 2.20. The molecule has 0 bridgehead atoms. The largest absolute Gasteiger partial charge is 0.454 e. The maximum absolute atomic E-state index is 5.39. The Bertz CT molecular complexity index is 362. The quantitative estimate of drug-likeness (QED) is 0.749. The predicted molar refractivity (Wildman–Crippen MR) is 64.8 cm³/mol. The lowest BCUT2D eigenvalue weighted by Crippen LogP contribution is -1.99. The van der Waals surface area contributed by atoms with Crippen molar-refractivity contribution < 1.29 is 9.47 Å². The number of thioether (sulfide) groups is 2. The van der Waals surface area contributed by atoms with Crippen LogP contribution in [0.25, 0.3) is 0 Å². The molecule has 1 saturated heterocycles. The van der Waals surface area contributed by atoms with Gasteiger partial charge in [-0.3, -0.25) is 0 Å². The van der Waals surface area contributed by atoms with Gasteiger partial charge in [0, 0.05) is 0 Å². The third-order valence-corrected chi connectivity index (χ3v) is 5.51. The second-order valence-electron chi connectivity index (χ2n) is 3.54. The summed E-state index contributed by atoms with van der Waals surface area (Å²) in [5.41, 5.74) is 1.36. The van der Waals surface area contributed by atoms with Crippen LogP contribution in [-0.4, -0.2) is 18.3 Å². The molecule has 0 aliphatic carbocycles. The van der Waals surface area contributed by atoms with Gasteiger partial charge in [0.2, 0.25) is 6.79 Å². The highest BCUT2D eigenvalue weighted by Crippen LogP contribution is 2.46. The van der Waals surface area contributed by atoms with Crippen molar-refractivity contribution in [2.45, 2.75) is 11.0 Å². The number of fused-ring (bicyclic) bond motifs is 1. The van der Waals surface area contributed by atoms with E-state index in [4.69, 9.17) is 9.47 Å². The summed E-state index contributed by atoms with van der Waals surface area (Å²) in [6.45, 7) is 0.365. The SMILES string of the molecule is c1cc2c(cc1C1SCCCS1)OCO2. The van der Waals surface area contributed by atoms with E-state index in [0.717, 1.165) is 11.5 Å². The molecule has 0 amide bonds. The Morgan fingerprint density at radius 1 is 1.07 bits per heavy atom. The Kier molecular flexibility index (Phi) is 2.71. The molecule has 1 aromatic carbocycles. The summed E-state index contributed by atoms with van der Waals surface area (Å²) >= 11 is 4.06. The summed E-state index contributed by atoms with van der Waals surface area (Å²) in [6.07, 6.45) is 1.33. The van der Waals surface area contributed by atoms with Crippen LogP contribution in [0.15, 0.2) is 18.2 Å². The lowest BCUT2D eigenvalue weighted by molar-refractivity contribution is 0.174. The molecule has 0 saturated carbocycles. The second kappa shape index (κ2) is 4.18. The van der Waals surface area contributed by atoms with Gasteiger partial charge < -0.3 is 9.47 Å². The van der Waals surface area contributed by atoms with E-state index in [2.05, 4.69) is 12.1 Å². The molecule has 3 rings (SSSR count). The van der Waals surface area contributed by atoms with Gasteiger partial charge in [-0.2, -0.15) is 0 Å². The zero-order chi connectivity index (χ0) is 10.1. The van der Waals surface area contributed by atoms with Crippen LogP contribution in [-0.2, 0) is 0 Å². The van der Waals surface area contributed by atoms with Gasteiger partial charge in [0.1, 0.15) is 0 Å². The molecule has 2 heterocycles.